The first-order valence-electron chi connectivity index (χ1n) is 7.56. The highest BCUT2D eigenvalue weighted by Crippen LogP contribution is 2.16. The summed E-state index contributed by atoms with van der Waals surface area (Å²) in [5, 5.41) is 2.72. The molecular weight excluding hydrogens is 306 g/mol. The lowest BCUT2D eigenvalue weighted by molar-refractivity contribution is -0.122. The van der Waals surface area contributed by atoms with Gasteiger partial charge in [-0.1, -0.05) is 12.1 Å². The number of carbonyl (C=O) groups is 3. The molecule has 1 N–H and O–H groups in total. The van der Waals surface area contributed by atoms with Gasteiger partial charge in [0.1, 0.15) is 5.75 Å². The maximum atomic E-state index is 12.2. The Morgan fingerprint density at radius 2 is 1.54 bits per heavy atom. The molecule has 0 aliphatic rings. The first-order valence-corrected chi connectivity index (χ1v) is 7.56. The van der Waals surface area contributed by atoms with Crippen LogP contribution in [0.5, 0.6) is 5.75 Å². The van der Waals surface area contributed by atoms with E-state index in [9.17, 15) is 14.4 Å². The molecule has 0 aromatic heterocycles. The fourth-order valence-electron chi connectivity index (χ4n) is 2.08. The number of ketones is 2. The van der Waals surface area contributed by atoms with E-state index in [0.717, 1.165) is 0 Å². The summed E-state index contributed by atoms with van der Waals surface area (Å²) in [5.41, 5.74) is 1.69. The van der Waals surface area contributed by atoms with E-state index in [2.05, 4.69) is 5.32 Å². The van der Waals surface area contributed by atoms with Crippen LogP contribution in [0, 0.1) is 0 Å². The molecule has 2 aromatic rings. The lowest BCUT2D eigenvalue weighted by Crippen LogP contribution is -2.30. The predicted molar refractivity (Wildman–Crippen MR) is 91.6 cm³/mol. The van der Waals surface area contributed by atoms with E-state index in [1.165, 1.54) is 13.8 Å². The van der Waals surface area contributed by atoms with Crippen LogP contribution in [0.3, 0.4) is 0 Å². The third-order valence-electron chi connectivity index (χ3n) is 3.48. The number of ether oxygens (including phenoxy) is 1. The summed E-state index contributed by atoms with van der Waals surface area (Å²) in [7, 11) is 0. The Hall–Kier alpha value is -2.95. The molecule has 2 aromatic carbocycles. The van der Waals surface area contributed by atoms with Crippen LogP contribution in [0.25, 0.3) is 0 Å². The van der Waals surface area contributed by atoms with Crippen LogP contribution in [0.2, 0.25) is 0 Å². The van der Waals surface area contributed by atoms with Gasteiger partial charge < -0.3 is 10.1 Å². The molecule has 0 saturated carbocycles. The first-order chi connectivity index (χ1) is 11.4. The smallest absolute Gasteiger partial charge is 0.265 e. The second-order valence-electron chi connectivity index (χ2n) is 5.47. The molecule has 2 rings (SSSR count). The van der Waals surface area contributed by atoms with Gasteiger partial charge in [-0.15, -0.1) is 0 Å². The van der Waals surface area contributed by atoms with Crippen molar-refractivity contribution in [3.8, 4) is 5.75 Å². The highest BCUT2D eigenvalue weighted by molar-refractivity contribution is 5.97. The van der Waals surface area contributed by atoms with Crippen LogP contribution in [-0.2, 0) is 4.79 Å². The van der Waals surface area contributed by atoms with Crippen molar-refractivity contribution in [1.29, 1.82) is 0 Å². The van der Waals surface area contributed by atoms with Gasteiger partial charge in [0.25, 0.3) is 5.91 Å². The number of amides is 1. The van der Waals surface area contributed by atoms with E-state index in [0.29, 0.717) is 22.6 Å². The van der Waals surface area contributed by atoms with Crippen molar-refractivity contribution in [2.75, 3.05) is 5.32 Å². The van der Waals surface area contributed by atoms with Gasteiger partial charge in [0.15, 0.2) is 17.7 Å². The molecule has 0 heterocycles. The molecule has 24 heavy (non-hydrogen) atoms. The van der Waals surface area contributed by atoms with Crippen LogP contribution in [-0.4, -0.2) is 23.6 Å². The molecule has 0 aliphatic heterocycles. The summed E-state index contributed by atoms with van der Waals surface area (Å²) < 4.78 is 5.58. The van der Waals surface area contributed by atoms with E-state index in [1.54, 1.807) is 55.5 Å². The molecule has 1 atom stereocenters. The summed E-state index contributed by atoms with van der Waals surface area (Å²) in [5.74, 6) is 0.0362. The fraction of sp³-hybridized carbons (Fsp3) is 0.211. The molecule has 5 heteroatoms. The number of rotatable bonds is 6. The maximum Gasteiger partial charge on any atom is 0.265 e. The molecule has 0 radical (unpaired) electrons. The minimum absolute atomic E-state index is 0.0325. The molecule has 0 bridgehead atoms. The fourth-order valence-corrected chi connectivity index (χ4v) is 2.08. The summed E-state index contributed by atoms with van der Waals surface area (Å²) >= 11 is 0. The molecule has 0 fully saturated rings. The van der Waals surface area contributed by atoms with Gasteiger partial charge in [-0.3, -0.25) is 14.4 Å². The van der Waals surface area contributed by atoms with Gasteiger partial charge in [0, 0.05) is 16.8 Å². The lowest BCUT2D eigenvalue weighted by Gasteiger charge is -2.15. The normalized spacial score (nSPS) is 11.5. The van der Waals surface area contributed by atoms with Crippen molar-refractivity contribution in [3.63, 3.8) is 0 Å². The summed E-state index contributed by atoms with van der Waals surface area (Å²) in [6.07, 6.45) is -0.736. The number of anilines is 1. The zero-order valence-corrected chi connectivity index (χ0v) is 13.8. The average molecular weight is 325 g/mol. The molecule has 5 nitrogen and oxygen atoms in total. The van der Waals surface area contributed by atoms with Crippen molar-refractivity contribution >= 4 is 23.2 Å². The van der Waals surface area contributed by atoms with Gasteiger partial charge in [-0.2, -0.15) is 0 Å². The topological polar surface area (TPSA) is 72.5 Å². The maximum absolute atomic E-state index is 12.2. The zero-order valence-electron chi connectivity index (χ0n) is 13.8. The van der Waals surface area contributed by atoms with Crippen molar-refractivity contribution < 1.29 is 19.1 Å². The number of nitrogens with one attached hydrogen (secondary N) is 1. The Labute approximate surface area is 140 Å². The third-order valence-corrected chi connectivity index (χ3v) is 3.48. The Bertz CT molecular complexity index is 765. The highest BCUT2D eigenvalue weighted by Gasteiger charge is 2.15. The summed E-state index contributed by atoms with van der Waals surface area (Å²) in [6, 6.07) is 13.3. The van der Waals surface area contributed by atoms with E-state index in [4.69, 9.17) is 4.74 Å². The average Bonchev–Trinajstić information content (AvgIpc) is 2.55. The van der Waals surface area contributed by atoms with Crippen molar-refractivity contribution in [2.24, 2.45) is 0 Å². The molecular formula is C19H19NO4. The van der Waals surface area contributed by atoms with Gasteiger partial charge in [0.2, 0.25) is 0 Å². The minimum Gasteiger partial charge on any atom is -0.481 e. The van der Waals surface area contributed by atoms with E-state index in [1.807, 2.05) is 0 Å². The number of hydrogen-bond acceptors (Lipinski definition) is 4. The number of hydrogen-bond donors (Lipinski definition) is 1. The molecule has 1 amide bonds. The van der Waals surface area contributed by atoms with Gasteiger partial charge in [-0.25, -0.2) is 0 Å². The Kier molecular flexibility index (Phi) is 5.47. The first kappa shape index (κ1) is 17.4. The van der Waals surface area contributed by atoms with Crippen molar-refractivity contribution in [3.05, 3.63) is 59.7 Å². The number of carbonyl (C=O) groups excluding carboxylic acids is 3. The molecule has 0 saturated heterocycles. The third kappa shape index (κ3) is 4.52. The van der Waals surface area contributed by atoms with Crippen LogP contribution in [0.1, 0.15) is 41.5 Å². The summed E-state index contributed by atoms with van der Waals surface area (Å²) in [6.45, 7) is 4.58. The monoisotopic (exact) mass is 325 g/mol. The van der Waals surface area contributed by atoms with E-state index >= 15 is 0 Å². The standard InChI is InChI=1S/C19H19NO4/c1-12(21)15-7-9-17(10-8-15)20-19(23)14(3)24-18-6-4-5-16(11-18)13(2)22/h4-11,14H,1-3H3,(H,20,23)/t14-/m1/s1. The summed E-state index contributed by atoms with van der Waals surface area (Å²) in [4.78, 5) is 34.8. The lowest BCUT2D eigenvalue weighted by atomic mass is 10.1. The molecule has 0 aliphatic carbocycles. The second kappa shape index (κ2) is 7.55. The predicted octanol–water partition coefficient (Wildman–Crippen LogP) is 3.50. The molecule has 124 valence electrons. The van der Waals surface area contributed by atoms with Crippen molar-refractivity contribution in [1.82, 2.24) is 0 Å². The largest absolute Gasteiger partial charge is 0.481 e. The molecule has 0 unspecified atom stereocenters. The Morgan fingerprint density at radius 3 is 2.12 bits per heavy atom. The van der Waals surface area contributed by atoms with Crippen LogP contribution in [0.15, 0.2) is 48.5 Å². The molecule has 0 spiro atoms. The Morgan fingerprint density at radius 1 is 0.917 bits per heavy atom. The quantitative estimate of drug-likeness (QED) is 0.825. The Balaban J connectivity index is 2.00. The van der Waals surface area contributed by atoms with Crippen molar-refractivity contribution in [2.45, 2.75) is 26.9 Å². The second-order valence-corrected chi connectivity index (χ2v) is 5.47. The van der Waals surface area contributed by atoms with Gasteiger partial charge in [0.05, 0.1) is 0 Å². The van der Waals surface area contributed by atoms with Gasteiger partial charge in [-0.05, 0) is 57.2 Å². The SMILES string of the molecule is CC(=O)c1ccc(NC(=O)[C@@H](C)Oc2cccc(C(C)=O)c2)cc1. The van der Waals surface area contributed by atoms with E-state index in [-0.39, 0.29) is 17.5 Å². The van der Waals surface area contributed by atoms with Gasteiger partial charge >= 0.3 is 0 Å². The zero-order chi connectivity index (χ0) is 17.7. The number of Topliss-reactive ketones (excluding diaryl/α,β-unsaturated/α-hetero) is 2. The van der Waals surface area contributed by atoms with Crippen LogP contribution < -0.4 is 10.1 Å². The number of benzene rings is 2. The van der Waals surface area contributed by atoms with E-state index < -0.39 is 6.10 Å². The van der Waals surface area contributed by atoms with Crippen LogP contribution >= 0.6 is 0 Å². The minimum atomic E-state index is -0.736. The highest BCUT2D eigenvalue weighted by atomic mass is 16.5. The van der Waals surface area contributed by atoms with Crippen LogP contribution in [0.4, 0.5) is 5.69 Å².